The van der Waals surface area contributed by atoms with E-state index in [1.807, 2.05) is 6.92 Å². The average Bonchev–Trinajstić information content (AvgIpc) is 2.78. The van der Waals surface area contributed by atoms with Crippen molar-refractivity contribution in [1.29, 1.82) is 0 Å². The van der Waals surface area contributed by atoms with Gasteiger partial charge in [0.2, 0.25) is 0 Å². The molecule has 0 radical (unpaired) electrons. The number of nitrogens with two attached hydrogens (primary N) is 1. The van der Waals surface area contributed by atoms with Crippen LogP contribution in [0.15, 0.2) is 23.6 Å². The number of hydrogen-bond acceptors (Lipinski definition) is 5. The minimum absolute atomic E-state index is 0.388. The predicted octanol–water partition coefficient (Wildman–Crippen LogP) is 1.92. The van der Waals surface area contributed by atoms with Crippen LogP contribution in [-0.4, -0.2) is 16.8 Å². The fourth-order valence-electron chi connectivity index (χ4n) is 1.54. The number of aromatic nitrogens is 1. The molecule has 0 aliphatic heterocycles. The first-order valence-corrected chi connectivity index (χ1v) is 6.74. The fourth-order valence-corrected chi connectivity index (χ4v) is 2.22. The van der Waals surface area contributed by atoms with Crippen molar-refractivity contribution < 1.29 is 9.59 Å². The molecule has 1 aromatic carbocycles. The molecule has 0 spiro atoms. The SMILES string of the molecule is Cc1ccc(NC(=O)C(=O)Nc2nc(C)cs2)c(N)c1. The number of amides is 2. The highest BCUT2D eigenvalue weighted by molar-refractivity contribution is 7.14. The van der Waals surface area contributed by atoms with Crippen molar-refractivity contribution in [2.45, 2.75) is 13.8 Å². The topological polar surface area (TPSA) is 97.1 Å². The lowest BCUT2D eigenvalue weighted by Crippen LogP contribution is -2.29. The van der Waals surface area contributed by atoms with E-state index in [0.717, 1.165) is 11.3 Å². The van der Waals surface area contributed by atoms with Gasteiger partial charge in [0.1, 0.15) is 0 Å². The Morgan fingerprint density at radius 1 is 1.20 bits per heavy atom. The lowest BCUT2D eigenvalue weighted by atomic mass is 10.2. The van der Waals surface area contributed by atoms with Crippen molar-refractivity contribution >= 4 is 39.7 Å². The second-order valence-corrected chi connectivity index (χ2v) is 5.15. The quantitative estimate of drug-likeness (QED) is 0.581. The van der Waals surface area contributed by atoms with Gasteiger partial charge in [0.05, 0.1) is 17.1 Å². The first-order chi connectivity index (χ1) is 9.45. The molecular formula is C13H14N4O2S. The number of thiazole rings is 1. The summed E-state index contributed by atoms with van der Waals surface area (Å²) in [5.74, 6) is -1.56. The van der Waals surface area contributed by atoms with Gasteiger partial charge in [-0.15, -0.1) is 11.3 Å². The zero-order valence-corrected chi connectivity index (χ0v) is 11.9. The number of nitrogen functional groups attached to an aromatic ring is 1. The second kappa shape index (κ2) is 5.70. The second-order valence-electron chi connectivity index (χ2n) is 4.29. The highest BCUT2D eigenvalue weighted by Gasteiger charge is 2.16. The van der Waals surface area contributed by atoms with E-state index in [9.17, 15) is 9.59 Å². The van der Waals surface area contributed by atoms with Crippen LogP contribution in [-0.2, 0) is 9.59 Å². The van der Waals surface area contributed by atoms with Crippen molar-refractivity contribution in [3.8, 4) is 0 Å². The molecule has 20 heavy (non-hydrogen) atoms. The van der Waals surface area contributed by atoms with Crippen LogP contribution in [0.4, 0.5) is 16.5 Å². The third kappa shape index (κ3) is 3.33. The zero-order chi connectivity index (χ0) is 14.7. The number of rotatable bonds is 2. The molecule has 4 N–H and O–H groups in total. The molecule has 1 aromatic heterocycles. The normalized spacial score (nSPS) is 10.1. The van der Waals surface area contributed by atoms with Crippen LogP contribution in [0.3, 0.4) is 0 Å². The van der Waals surface area contributed by atoms with E-state index in [1.54, 1.807) is 30.5 Å². The van der Waals surface area contributed by atoms with Crippen molar-refractivity contribution in [3.05, 3.63) is 34.8 Å². The van der Waals surface area contributed by atoms with Gasteiger partial charge in [0.15, 0.2) is 5.13 Å². The summed E-state index contributed by atoms with van der Waals surface area (Å²) < 4.78 is 0. The van der Waals surface area contributed by atoms with Crippen molar-refractivity contribution in [2.75, 3.05) is 16.4 Å². The van der Waals surface area contributed by atoms with Gasteiger partial charge in [-0.25, -0.2) is 4.98 Å². The first-order valence-electron chi connectivity index (χ1n) is 5.86. The fraction of sp³-hybridized carbons (Fsp3) is 0.154. The van der Waals surface area contributed by atoms with Crippen LogP contribution in [0.1, 0.15) is 11.3 Å². The molecule has 0 aliphatic rings. The van der Waals surface area contributed by atoms with Gasteiger partial charge in [-0.05, 0) is 31.5 Å². The Balaban J connectivity index is 2.02. The Morgan fingerprint density at radius 2 is 1.90 bits per heavy atom. The molecule has 0 bridgehead atoms. The van der Waals surface area contributed by atoms with Crippen molar-refractivity contribution in [1.82, 2.24) is 4.98 Å². The number of anilines is 3. The third-order valence-corrected chi connectivity index (χ3v) is 3.38. The Labute approximate surface area is 120 Å². The predicted molar refractivity (Wildman–Crippen MR) is 79.7 cm³/mol. The molecule has 0 atom stereocenters. The van der Waals surface area contributed by atoms with Crippen LogP contribution in [0.5, 0.6) is 0 Å². The lowest BCUT2D eigenvalue weighted by Gasteiger charge is -2.08. The van der Waals surface area contributed by atoms with Gasteiger partial charge in [-0.1, -0.05) is 6.07 Å². The Bertz CT molecular complexity index is 666. The van der Waals surface area contributed by atoms with E-state index < -0.39 is 11.8 Å². The largest absolute Gasteiger partial charge is 0.397 e. The summed E-state index contributed by atoms with van der Waals surface area (Å²) in [6, 6.07) is 5.18. The minimum Gasteiger partial charge on any atom is -0.397 e. The summed E-state index contributed by atoms with van der Waals surface area (Å²) in [4.78, 5) is 27.5. The number of hydrogen-bond donors (Lipinski definition) is 3. The van der Waals surface area contributed by atoms with E-state index >= 15 is 0 Å². The molecule has 2 amide bonds. The van der Waals surface area contributed by atoms with Crippen LogP contribution >= 0.6 is 11.3 Å². The van der Waals surface area contributed by atoms with Gasteiger partial charge in [0.25, 0.3) is 0 Å². The Kier molecular flexibility index (Phi) is 3.99. The van der Waals surface area contributed by atoms with Gasteiger partial charge in [0, 0.05) is 5.38 Å². The summed E-state index contributed by atoms with van der Waals surface area (Å²) in [5, 5.41) is 7.07. The standard InChI is InChI=1S/C13H14N4O2S/c1-7-3-4-10(9(14)5-7)16-11(18)12(19)17-13-15-8(2)6-20-13/h3-6H,14H2,1-2H3,(H,16,18)(H,15,17,19). The van der Waals surface area contributed by atoms with Gasteiger partial charge < -0.3 is 11.1 Å². The molecule has 0 saturated carbocycles. The molecule has 1 heterocycles. The average molecular weight is 290 g/mol. The number of benzene rings is 1. The van der Waals surface area contributed by atoms with Crippen molar-refractivity contribution in [2.24, 2.45) is 0 Å². The molecule has 0 unspecified atom stereocenters. The van der Waals surface area contributed by atoms with Crippen LogP contribution in [0.25, 0.3) is 0 Å². The number of aryl methyl sites for hydroxylation is 2. The van der Waals surface area contributed by atoms with E-state index in [2.05, 4.69) is 15.6 Å². The number of nitrogens with zero attached hydrogens (tertiary/aromatic N) is 1. The molecule has 0 saturated heterocycles. The zero-order valence-electron chi connectivity index (χ0n) is 11.1. The number of nitrogens with one attached hydrogen (secondary N) is 2. The number of carbonyl (C=O) groups excluding carboxylic acids is 2. The third-order valence-electron chi connectivity index (χ3n) is 2.50. The Morgan fingerprint density at radius 3 is 2.50 bits per heavy atom. The van der Waals surface area contributed by atoms with E-state index in [4.69, 9.17) is 5.73 Å². The van der Waals surface area contributed by atoms with Crippen molar-refractivity contribution in [3.63, 3.8) is 0 Å². The van der Waals surface area contributed by atoms with E-state index in [-0.39, 0.29) is 0 Å². The van der Waals surface area contributed by atoms with E-state index in [0.29, 0.717) is 16.5 Å². The highest BCUT2D eigenvalue weighted by atomic mass is 32.1. The summed E-state index contributed by atoms with van der Waals surface area (Å²) in [5.41, 5.74) is 8.35. The summed E-state index contributed by atoms with van der Waals surface area (Å²) in [6.45, 7) is 3.69. The molecule has 7 heteroatoms. The molecule has 0 fully saturated rings. The smallest absolute Gasteiger partial charge is 0.315 e. The molecule has 2 rings (SSSR count). The monoisotopic (exact) mass is 290 g/mol. The van der Waals surface area contributed by atoms with Gasteiger partial charge in [-0.3, -0.25) is 14.9 Å². The Hall–Kier alpha value is -2.41. The number of carbonyl (C=O) groups is 2. The van der Waals surface area contributed by atoms with E-state index in [1.165, 1.54) is 11.3 Å². The molecule has 6 nitrogen and oxygen atoms in total. The molecule has 0 aliphatic carbocycles. The maximum atomic E-state index is 11.8. The highest BCUT2D eigenvalue weighted by Crippen LogP contribution is 2.19. The summed E-state index contributed by atoms with van der Waals surface area (Å²) in [7, 11) is 0. The minimum atomic E-state index is -0.784. The summed E-state index contributed by atoms with van der Waals surface area (Å²) >= 11 is 1.26. The maximum Gasteiger partial charge on any atom is 0.315 e. The molecule has 2 aromatic rings. The van der Waals surface area contributed by atoms with Gasteiger partial charge >= 0.3 is 11.8 Å². The molecule has 104 valence electrons. The van der Waals surface area contributed by atoms with Crippen LogP contribution in [0, 0.1) is 13.8 Å². The van der Waals surface area contributed by atoms with Gasteiger partial charge in [-0.2, -0.15) is 0 Å². The van der Waals surface area contributed by atoms with Crippen LogP contribution in [0.2, 0.25) is 0 Å². The van der Waals surface area contributed by atoms with Crippen LogP contribution < -0.4 is 16.4 Å². The molecular weight excluding hydrogens is 276 g/mol. The first kappa shape index (κ1) is 14.0. The summed E-state index contributed by atoms with van der Waals surface area (Å²) in [6.07, 6.45) is 0. The lowest BCUT2D eigenvalue weighted by molar-refractivity contribution is -0.132. The maximum absolute atomic E-state index is 11.8.